The summed E-state index contributed by atoms with van der Waals surface area (Å²) < 4.78 is 5.01. The Kier molecular flexibility index (Phi) is 6.40. The summed E-state index contributed by atoms with van der Waals surface area (Å²) in [4.78, 5) is 18.3. The van der Waals surface area contributed by atoms with Gasteiger partial charge in [-0.25, -0.2) is 19.9 Å². The van der Waals surface area contributed by atoms with E-state index in [4.69, 9.17) is 0 Å². The molecular formula is C46H32N6. The van der Waals surface area contributed by atoms with E-state index in [9.17, 15) is 0 Å². The first-order valence-corrected chi connectivity index (χ1v) is 17.9. The SMILES string of the molecule is C1=CCC(n2c3ccc(-c4ncccn4)cc3c3ccc4c(c32)CCc2cc3c5cc(-c6ncccn6)ccc5n(-c5ccccc5)c3cc2-4)C=C1. The summed E-state index contributed by atoms with van der Waals surface area (Å²) >= 11 is 0. The molecule has 2 aliphatic rings. The molecule has 4 aromatic heterocycles. The minimum absolute atomic E-state index is 0.239. The zero-order valence-electron chi connectivity index (χ0n) is 28.3. The number of hydrogen-bond donors (Lipinski definition) is 0. The Hall–Kier alpha value is -6.66. The maximum atomic E-state index is 4.57. The van der Waals surface area contributed by atoms with Crippen molar-refractivity contribution in [2.45, 2.75) is 25.3 Å². The van der Waals surface area contributed by atoms with Gasteiger partial charge in [-0.3, -0.25) is 0 Å². The molecule has 2 aliphatic carbocycles. The first kappa shape index (κ1) is 29.1. The third-order valence-electron chi connectivity index (χ3n) is 10.9. The van der Waals surface area contributed by atoms with E-state index in [0.717, 1.165) is 47.7 Å². The molecular weight excluding hydrogens is 637 g/mol. The number of fused-ring (bicyclic) bond motifs is 10. The van der Waals surface area contributed by atoms with Crippen LogP contribution in [0.25, 0.3) is 83.2 Å². The van der Waals surface area contributed by atoms with Gasteiger partial charge in [0.25, 0.3) is 0 Å². The Morgan fingerprint density at radius 1 is 0.538 bits per heavy atom. The van der Waals surface area contributed by atoms with Crippen LogP contribution in [-0.2, 0) is 12.8 Å². The topological polar surface area (TPSA) is 61.4 Å². The van der Waals surface area contributed by atoms with Crippen molar-refractivity contribution in [2.75, 3.05) is 0 Å². The van der Waals surface area contributed by atoms with E-state index in [-0.39, 0.29) is 6.04 Å². The van der Waals surface area contributed by atoms with Crippen LogP contribution in [0.3, 0.4) is 0 Å². The van der Waals surface area contributed by atoms with E-state index in [1.807, 2.05) is 36.9 Å². The van der Waals surface area contributed by atoms with Crippen molar-refractivity contribution in [3.63, 3.8) is 0 Å². The van der Waals surface area contributed by atoms with Crippen LogP contribution < -0.4 is 0 Å². The molecule has 9 aromatic rings. The molecule has 0 radical (unpaired) electrons. The summed E-state index contributed by atoms with van der Waals surface area (Å²) in [6.07, 6.45) is 19.1. The van der Waals surface area contributed by atoms with Crippen LogP contribution in [0.15, 0.2) is 152 Å². The Balaban J connectivity index is 1.17. The minimum atomic E-state index is 0.239. The summed E-state index contributed by atoms with van der Waals surface area (Å²) in [6.45, 7) is 0. The largest absolute Gasteiger partial charge is 0.333 e. The van der Waals surface area contributed by atoms with Gasteiger partial charge in [-0.05, 0) is 114 Å². The fourth-order valence-corrected chi connectivity index (χ4v) is 8.68. The minimum Gasteiger partial charge on any atom is -0.333 e. The molecule has 0 saturated heterocycles. The Bertz CT molecular complexity index is 2920. The number of nitrogens with zero attached hydrogens (tertiary/aromatic N) is 6. The standard InChI is InChI=1S/C46H32N6/c1-3-9-32(10-4-1)51-41-19-14-31(46-49-23-8-24-50-46)27-39(41)40-25-29-13-16-35-34(37(29)28-43(40)51)17-18-36-38-26-30(45-47-21-7-22-48-45)15-20-42(38)52(44(35)36)33-11-5-2-6-12-33/h1-11,14-15,17-28,33H,12-13,16H2. The zero-order chi connectivity index (χ0) is 34.2. The first-order chi connectivity index (χ1) is 25.8. The summed E-state index contributed by atoms with van der Waals surface area (Å²) in [5.74, 6) is 1.49. The second-order valence-electron chi connectivity index (χ2n) is 13.8. The molecule has 0 saturated carbocycles. The lowest BCUT2D eigenvalue weighted by atomic mass is 9.83. The highest BCUT2D eigenvalue weighted by Gasteiger charge is 2.27. The molecule has 246 valence electrons. The number of rotatable bonds is 4. The molecule has 0 aliphatic heterocycles. The van der Waals surface area contributed by atoms with Crippen LogP contribution >= 0.6 is 0 Å². The molecule has 6 nitrogen and oxygen atoms in total. The smallest absolute Gasteiger partial charge is 0.159 e. The predicted molar refractivity (Wildman–Crippen MR) is 211 cm³/mol. The fraction of sp³-hybridized carbons (Fsp3) is 0.0870. The molecule has 6 heteroatoms. The van der Waals surface area contributed by atoms with Gasteiger partial charge in [-0.2, -0.15) is 0 Å². The third-order valence-corrected chi connectivity index (χ3v) is 10.9. The van der Waals surface area contributed by atoms with Gasteiger partial charge in [-0.15, -0.1) is 0 Å². The lowest BCUT2D eigenvalue weighted by Gasteiger charge is -2.25. The van der Waals surface area contributed by atoms with Crippen molar-refractivity contribution in [3.8, 4) is 39.6 Å². The maximum absolute atomic E-state index is 4.57. The second-order valence-corrected chi connectivity index (χ2v) is 13.8. The van der Waals surface area contributed by atoms with E-state index >= 15 is 0 Å². The number of aryl methyl sites for hydroxylation is 2. The highest BCUT2D eigenvalue weighted by atomic mass is 15.0. The molecule has 52 heavy (non-hydrogen) atoms. The van der Waals surface area contributed by atoms with Gasteiger partial charge >= 0.3 is 0 Å². The van der Waals surface area contributed by atoms with E-state index in [1.165, 1.54) is 65.9 Å². The molecule has 0 spiro atoms. The summed E-state index contributed by atoms with van der Waals surface area (Å²) in [5, 5.41) is 4.99. The van der Waals surface area contributed by atoms with E-state index in [2.05, 4.69) is 144 Å². The molecule has 5 aromatic carbocycles. The number of benzene rings is 5. The Morgan fingerprint density at radius 2 is 1.23 bits per heavy atom. The third kappa shape index (κ3) is 4.37. The van der Waals surface area contributed by atoms with Crippen molar-refractivity contribution in [1.29, 1.82) is 0 Å². The number of aromatic nitrogens is 6. The van der Waals surface area contributed by atoms with Crippen LogP contribution in [0.5, 0.6) is 0 Å². The van der Waals surface area contributed by atoms with Crippen LogP contribution in [-0.4, -0.2) is 29.1 Å². The zero-order valence-corrected chi connectivity index (χ0v) is 28.3. The van der Waals surface area contributed by atoms with E-state index < -0.39 is 0 Å². The van der Waals surface area contributed by atoms with Gasteiger partial charge in [0.2, 0.25) is 0 Å². The molecule has 4 heterocycles. The summed E-state index contributed by atoms with van der Waals surface area (Å²) in [7, 11) is 0. The Morgan fingerprint density at radius 3 is 1.94 bits per heavy atom. The monoisotopic (exact) mass is 668 g/mol. The maximum Gasteiger partial charge on any atom is 0.159 e. The highest BCUT2D eigenvalue weighted by Crippen LogP contribution is 2.46. The van der Waals surface area contributed by atoms with Crippen LogP contribution in [0.4, 0.5) is 0 Å². The van der Waals surface area contributed by atoms with Crippen LogP contribution in [0.2, 0.25) is 0 Å². The van der Waals surface area contributed by atoms with Crippen LogP contribution in [0, 0.1) is 0 Å². The summed E-state index contributed by atoms with van der Waals surface area (Å²) in [5.41, 5.74) is 13.6. The van der Waals surface area contributed by atoms with Crippen molar-refractivity contribution < 1.29 is 0 Å². The first-order valence-electron chi connectivity index (χ1n) is 17.9. The molecule has 0 N–H and O–H groups in total. The van der Waals surface area contributed by atoms with Gasteiger partial charge in [0.05, 0.1) is 22.6 Å². The lowest BCUT2D eigenvalue weighted by Crippen LogP contribution is -2.11. The number of hydrogen-bond acceptors (Lipinski definition) is 4. The number of allylic oxidation sites excluding steroid dienone is 4. The molecule has 1 unspecified atom stereocenters. The molecule has 0 bridgehead atoms. The quantitative estimate of drug-likeness (QED) is 0.187. The van der Waals surface area contributed by atoms with Gasteiger partial charge in [-0.1, -0.05) is 54.6 Å². The van der Waals surface area contributed by atoms with Crippen molar-refractivity contribution >= 4 is 43.6 Å². The summed E-state index contributed by atoms with van der Waals surface area (Å²) in [6, 6.07) is 37.7. The highest BCUT2D eigenvalue weighted by molar-refractivity contribution is 6.14. The average molecular weight is 669 g/mol. The van der Waals surface area contributed by atoms with E-state index in [1.54, 1.807) is 0 Å². The van der Waals surface area contributed by atoms with Crippen LogP contribution in [0.1, 0.15) is 23.6 Å². The van der Waals surface area contributed by atoms with Crippen molar-refractivity contribution in [1.82, 2.24) is 29.1 Å². The van der Waals surface area contributed by atoms with Gasteiger partial charge in [0.15, 0.2) is 11.6 Å². The second kappa shape index (κ2) is 11.4. The van der Waals surface area contributed by atoms with Gasteiger partial charge < -0.3 is 9.13 Å². The van der Waals surface area contributed by atoms with Crippen molar-refractivity contribution in [3.05, 3.63) is 163 Å². The molecule has 11 rings (SSSR count). The average Bonchev–Trinajstić information content (AvgIpc) is 3.73. The predicted octanol–water partition coefficient (Wildman–Crippen LogP) is 10.6. The number of para-hydroxylation sites is 1. The van der Waals surface area contributed by atoms with Crippen molar-refractivity contribution in [2.24, 2.45) is 0 Å². The van der Waals surface area contributed by atoms with Gasteiger partial charge in [0, 0.05) is 68.7 Å². The Labute approximate surface area is 300 Å². The lowest BCUT2D eigenvalue weighted by molar-refractivity contribution is 0.645. The van der Waals surface area contributed by atoms with Gasteiger partial charge in [0.1, 0.15) is 0 Å². The molecule has 1 atom stereocenters. The molecule has 0 amide bonds. The molecule has 0 fully saturated rings. The van der Waals surface area contributed by atoms with E-state index in [0.29, 0.717) is 0 Å². The normalized spacial score (nSPS) is 15.1. The fourth-order valence-electron chi connectivity index (χ4n) is 8.68.